The monoisotopic (exact) mass is 469 g/mol. The van der Waals surface area contributed by atoms with Crippen LogP contribution in [-0.4, -0.2) is 29.9 Å². The number of aliphatic hydroxyl groups excluding tert-OH is 1. The molecular formula is C28H40FN3O2. The molecule has 4 N–H and O–H groups in total. The summed E-state index contributed by atoms with van der Waals surface area (Å²) in [6, 6.07) is 12.1. The van der Waals surface area contributed by atoms with Crippen LogP contribution >= 0.6 is 0 Å². The number of hydrogen-bond donors (Lipinski definition) is 4. The van der Waals surface area contributed by atoms with Crippen LogP contribution in [0.5, 0.6) is 0 Å². The van der Waals surface area contributed by atoms with Crippen molar-refractivity contribution in [3.05, 3.63) is 59.4 Å². The van der Waals surface area contributed by atoms with Gasteiger partial charge in [0.1, 0.15) is 11.9 Å². The van der Waals surface area contributed by atoms with Crippen molar-refractivity contribution in [3.8, 4) is 0 Å². The molecule has 1 amide bonds. The summed E-state index contributed by atoms with van der Waals surface area (Å²) < 4.78 is 13.2. The Balaban J connectivity index is 2.29. The molecule has 5 nitrogen and oxygen atoms in total. The van der Waals surface area contributed by atoms with Crippen molar-refractivity contribution in [2.75, 3.05) is 11.9 Å². The fourth-order valence-electron chi connectivity index (χ4n) is 4.03. The molecule has 2 rings (SSSR count). The number of hydrogen-bond acceptors (Lipinski definition) is 4. The van der Waals surface area contributed by atoms with E-state index in [1.807, 2.05) is 32.9 Å². The first-order valence-corrected chi connectivity index (χ1v) is 11.9. The highest BCUT2D eigenvalue weighted by Gasteiger charge is 2.34. The van der Waals surface area contributed by atoms with Crippen LogP contribution in [0.15, 0.2) is 42.5 Å². The number of carbonyl (C=O) groups is 1. The number of benzene rings is 2. The second-order valence-electron chi connectivity index (χ2n) is 11.3. The van der Waals surface area contributed by atoms with Crippen molar-refractivity contribution >= 4 is 23.5 Å². The molecule has 2 aromatic rings. The zero-order valence-corrected chi connectivity index (χ0v) is 21.5. The summed E-state index contributed by atoms with van der Waals surface area (Å²) in [4.78, 5) is 12.5. The number of nitrogens with one attached hydrogen (secondary N) is 3. The van der Waals surface area contributed by atoms with E-state index < -0.39 is 11.5 Å². The van der Waals surface area contributed by atoms with E-state index in [9.17, 15) is 14.3 Å². The standard InChI is InChI=1S/C28H40FN3O2/c1-18(2)14-23(28(6,7)17-31-26(34)25(33)27(3,4)5)19-8-13-24(20(15-19)16-30)32-22-11-9-21(29)10-12-22/h8-13,15-16,18,23,25,30,32-33H,14,17H2,1-7H3,(H,31,34). The lowest BCUT2D eigenvalue weighted by Crippen LogP contribution is -2.46. The number of aliphatic hydroxyl groups is 1. The number of amides is 1. The van der Waals surface area contributed by atoms with E-state index in [4.69, 9.17) is 5.41 Å². The van der Waals surface area contributed by atoms with Gasteiger partial charge in [-0.1, -0.05) is 54.5 Å². The first-order chi connectivity index (χ1) is 15.7. The molecule has 6 heteroatoms. The van der Waals surface area contributed by atoms with Crippen LogP contribution in [0.1, 0.15) is 71.9 Å². The van der Waals surface area contributed by atoms with E-state index >= 15 is 0 Å². The maximum atomic E-state index is 13.2. The fourth-order valence-corrected chi connectivity index (χ4v) is 4.03. The van der Waals surface area contributed by atoms with Crippen molar-refractivity contribution in [3.63, 3.8) is 0 Å². The zero-order chi connectivity index (χ0) is 25.7. The first-order valence-electron chi connectivity index (χ1n) is 11.9. The van der Waals surface area contributed by atoms with E-state index in [0.29, 0.717) is 12.5 Å². The van der Waals surface area contributed by atoms with Gasteiger partial charge in [0.25, 0.3) is 0 Å². The summed E-state index contributed by atoms with van der Waals surface area (Å²) >= 11 is 0. The second-order valence-corrected chi connectivity index (χ2v) is 11.3. The van der Waals surface area contributed by atoms with Crippen molar-refractivity contribution in [2.24, 2.45) is 16.7 Å². The lowest BCUT2D eigenvalue weighted by atomic mass is 9.70. The molecule has 0 heterocycles. The lowest BCUT2D eigenvalue weighted by Gasteiger charge is -2.37. The van der Waals surface area contributed by atoms with Gasteiger partial charge in [0.05, 0.1) is 0 Å². The van der Waals surface area contributed by atoms with Gasteiger partial charge in [-0.15, -0.1) is 0 Å². The summed E-state index contributed by atoms with van der Waals surface area (Å²) in [6.07, 6.45) is 1.15. The Labute approximate surface area is 203 Å². The molecule has 0 fully saturated rings. The van der Waals surface area contributed by atoms with Crippen LogP contribution in [0.25, 0.3) is 0 Å². The van der Waals surface area contributed by atoms with Gasteiger partial charge < -0.3 is 21.1 Å². The normalized spacial score (nSPS) is 13.9. The summed E-state index contributed by atoms with van der Waals surface area (Å²) in [5.74, 6) is -0.101. The summed E-state index contributed by atoms with van der Waals surface area (Å²) in [6.45, 7) is 14.5. The first kappa shape index (κ1) is 27.5. The van der Waals surface area contributed by atoms with Gasteiger partial charge in [-0.2, -0.15) is 0 Å². The zero-order valence-electron chi connectivity index (χ0n) is 21.5. The molecule has 0 aliphatic carbocycles. The Morgan fingerprint density at radius 1 is 1.09 bits per heavy atom. The van der Waals surface area contributed by atoms with Gasteiger partial charge in [0.2, 0.25) is 5.91 Å². The number of carbonyl (C=O) groups excluding carboxylic acids is 1. The average Bonchev–Trinajstić information content (AvgIpc) is 2.76. The highest BCUT2D eigenvalue weighted by atomic mass is 19.1. The van der Waals surface area contributed by atoms with Crippen LogP contribution in [0.3, 0.4) is 0 Å². The smallest absolute Gasteiger partial charge is 0.249 e. The van der Waals surface area contributed by atoms with E-state index in [-0.39, 0.29) is 23.1 Å². The minimum atomic E-state index is -1.08. The molecule has 0 bridgehead atoms. The Bertz CT molecular complexity index is 978. The van der Waals surface area contributed by atoms with Gasteiger partial charge in [0.15, 0.2) is 0 Å². The minimum absolute atomic E-state index is 0.123. The van der Waals surface area contributed by atoms with E-state index in [1.165, 1.54) is 18.3 Å². The summed E-state index contributed by atoms with van der Waals surface area (Å²) in [5.41, 5.74) is 2.52. The molecule has 0 aliphatic rings. The van der Waals surface area contributed by atoms with Gasteiger partial charge in [-0.05, 0) is 71.0 Å². The maximum absolute atomic E-state index is 13.2. The maximum Gasteiger partial charge on any atom is 0.249 e. The lowest BCUT2D eigenvalue weighted by molar-refractivity contribution is -0.135. The molecule has 2 aromatic carbocycles. The second kappa shape index (κ2) is 11.1. The van der Waals surface area contributed by atoms with E-state index in [0.717, 1.165) is 28.9 Å². The Morgan fingerprint density at radius 2 is 1.71 bits per heavy atom. The minimum Gasteiger partial charge on any atom is -0.383 e. The SMILES string of the molecule is CC(C)CC(c1ccc(Nc2ccc(F)cc2)c(C=N)c1)C(C)(C)CNC(=O)C(O)C(C)(C)C. The Hall–Kier alpha value is -2.73. The van der Waals surface area contributed by atoms with Crippen molar-refractivity contribution in [2.45, 2.75) is 66.9 Å². The summed E-state index contributed by atoms with van der Waals surface area (Å²) in [7, 11) is 0. The molecule has 0 spiro atoms. The van der Waals surface area contributed by atoms with Gasteiger partial charge in [-0.3, -0.25) is 4.79 Å². The quantitative estimate of drug-likeness (QED) is 0.310. The molecule has 0 saturated heterocycles. The molecule has 2 unspecified atom stereocenters. The highest BCUT2D eigenvalue weighted by Crippen LogP contribution is 2.41. The molecule has 0 aliphatic heterocycles. The third-order valence-corrected chi connectivity index (χ3v) is 6.19. The van der Waals surface area contributed by atoms with E-state index in [2.05, 4.69) is 44.4 Å². The molecule has 186 valence electrons. The summed E-state index contributed by atoms with van der Waals surface area (Å²) in [5, 5.41) is 24.5. The third-order valence-electron chi connectivity index (χ3n) is 6.19. The van der Waals surface area contributed by atoms with Crippen molar-refractivity contribution in [1.82, 2.24) is 5.32 Å². The third kappa shape index (κ3) is 7.39. The van der Waals surface area contributed by atoms with Crippen molar-refractivity contribution in [1.29, 1.82) is 5.41 Å². The molecule has 2 atom stereocenters. The molecule has 0 saturated carbocycles. The fraction of sp³-hybridized carbons (Fsp3) is 0.500. The number of rotatable bonds is 10. The van der Waals surface area contributed by atoms with Gasteiger partial charge >= 0.3 is 0 Å². The topological polar surface area (TPSA) is 85.2 Å². The Kier molecular flexibility index (Phi) is 9.01. The largest absolute Gasteiger partial charge is 0.383 e. The van der Waals surface area contributed by atoms with Crippen molar-refractivity contribution < 1.29 is 14.3 Å². The van der Waals surface area contributed by atoms with E-state index in [1.54, 1.807) is 12.1 Å². The van der Waals surface area contributed by atoms with Crippen LogP contribution in [0.2, 0.25) is 0 Å². The van der Waals surface area contributed by atoms with Gasteiger partial charge in [0, 0.05) is 29.7 Å². The molecule has 34 heavy (non-hydrogen) atoms. The van der Waals surface area contributed by atoms with Crippen LogP contribution in [0, 0.1) is 28.0 Å². The van der Waals surface area contributed by atoms with Crippen LogP contribution in [0.4, 0.5) is 15.8 Å². The number of anilines is 2. The Morgan fingerprint density at radius 3 is 2.24 bits per heavy atom. The number of halogens is 1. The van der Waals surface area contributed by atoms with Crippen LogP contribution < -0.4 is 10.6 Å². The van der Waals surface area contributed by atoms with Crippen LogP contribution in [-0.2, 0) is 4.79 Å². The predicted octanol–water partition coefficient (Wildman–Crippen LogP) is 6.25. The highest BCUT2D eigenvalue weighted by molar-refractivity contribution is 5.87. The predicted molar refractivity (Wildman–Crippen MR) is 138 cm³/mol. The molecule has 0 aromatic heterocycles. The van der Waals surface area contributed by atoms with Gasteiger partial charge in [-0.25, -0.2) is 4.39 Å². The molecular weight excluding hydrogens is 429 g/mol. The molecule has 0 radical (unpaired) electrons. The average molecular weight is 470 g/mol.